The third-order valence-electron chi connectivity index (χ3n) is 3.66. The third kappa shape index (κ3) is 3.42. The van der Waals surface area contributed by atoms with Crippen LogP contribution in [0.1, 0.15) is 12.0 Å². The molecule has 1 aromatic heterocycles. The number of benzene rings is 1. The number of hydrogen-bond donors (Lipinski definition) is 1. The molecule has 1 aliphatic heterocycles. The highest BCUT2D eigenvalue weighted by atomic mass is 35.5. The fourth-order valence-electron chi connectivity index (χ4n) is 2.46. The fraction of sp³-hybridized carbons (Fsp3) is 0.267. The van der Waals surface area contributed by atoms with Gasteiger partial charge < -0.3 is 4.90 Å². The Morgan fingerprint density at radius 3 is 2.52 bits per heavy atom. The molecule has 0 aliphatic carbocycles. The van der Waals surface area contributed by atoms with Crippen molar-refractivity contribution in [1.29, 1.82) is 0 Å². The number of carbonyl (C=O) groups is 1. The topological polar surface area (TPSA) is 66.5 Å². The number of hydrogen-bond acceptors (Lipinski definition) is 4. The van der Waals surface area contributed by atoms with Gasteiger partial charge in [0.25, 0.3) is 10.0 Å². The number of nitrogens with zero attached hydrogens (tertiary/aromatic N) is 1. The first-order valence-electron chi connectivity index (χ1n) is 7.02. The molecule has 5 nitrogen and oxygen atoms in total. The molecular formula is C15H15ClN2O3S2. The molecular weight excluding hydrogens is 356 g/mol. The predicted octanol–water partition coefficient (Wildman–Crippen LogP) is 2.79. The van der Waals surface area contributed by atoms with Gasteiger partial charge in [-0.1, -0.05) is 29.3 Å². The number of thiophene rings is 1. The van der Waals surface area contributed by atoms with Crippen LogP contribution in [-0.2, 0) is 14.8 Å². The summed E-state index contributed by atoms with van der Waals surface area (Å²) in [6.45, 7) is 2.46. The number of sulfonamides is 1. The average molecular weight is 371 g/mol. The maximum absolute atomic E-state index is 12.5. The lowest BCUT2D eigenvalue weighted by Crippen LogP contribution is -2.41. The minimum atomic E-state index is -3.73. The van der Waals surface area contributed by atoms with Gasteiger partial charge in [0.1, 0.15) is 10.3 Å². The van der Waals surface area contributed by atoms with E-state index in [0.717, 1.165) is 22.6 Å². The molecule has 1 atom stereocenters. The lowest BCUT2D eigenvalue weighted by Gasteiger charge is -2.17. The van der Waals surface area contributed by atoms with Crippen LogP contribution < -0.4 is 9.62 Å². The van der Waals surface area contributed by atoms with Crippen molar-refractivity contribution in [3.05, 3.63) is 46.3 Å². The van der Waals surface area contributed by atoms with Crippen molar-refractivity contribution < 1.29 is 13.2 Å². The van der Waals surface area contributed by atoms with Crippen molar-refractivity contribution in [2.75, 3.05) is 11.4 Å². The Bertz CT molecular complexity index is 831. The summed E-state index contributed by atoms with van der Waals surface area (Å²) in [5, 5.41) is 0. The number of amides is 1. The Labute approximate surface area is 143 Å². The van der Waals surface area contributed by atoms with E-state index in [1.54, 1.807) is 4.90 Å². The molecule has 1 saturated heterocycles. The van der Waals surface area contributed by atoms with E-state index in [0.29, 0.717) is 17.3 Å². The SMILES string of the molecule is Cc1ccc(N2CC[C@H](NS(=O)(=O)c3ccc(Cl)s3)C2=O)cc1. The number of carbonyl (C=O) groups excluding carboxylic acids is 1. The quantitative estimate of drug-likeness (QED) is 0.899. The number of halogens is 1. The van der Waals surface area contributed by atoms with Gasteiger partial charge in [-0.2, -0.15) is 4.72 Å². The summed E-state index contributed by atoms with van der Waals surface area (Å²) in [6.07, 6.45) is 0.436. The Balaban J connectivity index is 1.76. The summed E-state index contributed by atoms with van der Waals surface area (Å²) in [5.74, 6) is -0.236. The van der Waals surface area contributed by atoms with Gasteiger partial charge in [-0.3, -0.25) is 4.79 Å². The van der Waals surface area contributed by atoms with Gasteiger partial charge in [-0.05, 0) is 37.6 Å². The molecule has 1 N–H and O–H groups in total. The molecule has 2 heterocycles. The zero-order valence-electron chi connectivity index (χ0n) is 12.3. The molecule has 1 aliphatic rings. The van der Waals surface area contributed by atoms with Crippen LogP contribution in [0.25, 0.3) is 0 Å². The van der Waals surface area contributed by atoms with Crippen LogP contribution in [-0.4, -0.2) is 26.9 Å². The van der Waals surface area contributed by atoms with Crippen LogP contribution in [0.5, 0.6) is 0 Å². The zero-order valence-corrected chi connectivity index (χ0v) is 14.7. The Kier molecular flexibility index (Phi) is 4.46. The van der Waals surface area contributed by atoms with Crippen LogP contribution in [0.4, 0.5) is 5.69 Å². The molecule has 0 spiro atoms. The molecule has 122 valence electrons. The van der Waals surface area contributed by atoms with E-state index in [1.165, 1.54) is 12.1 Å². The van der Waals surface area contributed by atoms with E-state index in [9.17, 15) is 13.2 Å². The number of anilines is 1. The summed E-state index contributed by atoms with van der Waals surface area (Å²) >= 11 is 6.75. The Hall–Kier alpha value is -1.41. The van der Waals surface area contributed by atoms with E-state index in [1.807, 2.05) is 31.2 Å². The minimum Gasteiger partial charge on any atom is -0.311 e. The maximum Gasteiger partial charge on any atom is 0.250 e. The number of rotatable bonds is 4. The normalized spacial score (nSPS) is 18.6. The van der Waals surface area contributed by atoms with E-state index in [4.69, 9.17) is 11.6 Å². The maximum atomic E-state index is 12.5. The van der Waals surface area contributed by atoms with Crippen LogP contribution in [0.2, 0.25) is 4.34 Å². The van der Waals surface area contributed by atoms with Crippen molar-refractivity contribution in [1.82, 2.24) is 4.72 Å². The third-order valence-corrected chi connectivity index (χ3v) is 6.86. The van der Waals surface area contributed by atoms with E-state index in [-0.39, 0.29) is 10.1 Å². The lowest BCUT2D eigenvalue weighted by molar-refractivity contribution is -0.118. The first-order valence-corrected chi connectivity index (χ1v) is 9.70. The zero-order chi connectivity index (χ0) is 16.6. The summed E-state index contributed by atoms with van der Waals surface area (Å²) in [5.41, 5.74) is 1.88. The van der Waals surface area contributed by atoms with Gasteiger partial charge in [-0.25, -0.2) is 8.42 Å². The van der Waals surface area contributed by atoms with E-state index < -0.39 is 16.1 Å². The summed E-state index contributed by atoms with van der Waals surface area (Å²) < 4.78 is 27.6. The molecule has 1 fully saturated rings. The second kappa shape index (κ2) is 6.24. The summed E-state index contributed by atoms with van der Waals surface area (Å²) in [7, 11) is -3.73. The lowest BCUT2D eigenvalue weighted by atomic mass is 10.2. The van der Waals surface area contributed by atoms with Crippen molar-refractivity contribution in [3.63, 3.8) is 0 Å². The van der Waals surface area contributed by atoms with E-state index >= 15 is 0 Å². The van der Waals surface area contributed by atoms with Crippen LogP contribution in [0.15, 0.2) is 40.6 Å². The summed E-state index contributed by atoms with van der Waals surface area (Å²) in [6, 6.07) is 9.79. The molecule has 1 amide bonds. The van der Waals surface area contributed by atoms with Crippen molar-refractivity contribution in [2.45, 2.75) is 23.6 Å². The van der Waals surface area contributed by atoms with Gasteiger partial charge in [0.2, 0.25) is 5.91 Å². The second-order valence-electron chi connectivity index (χ2n) is 5.35. The molecule has 0 saturated carbocycles. The molecule has 3 rings (SSSR count). The van der Waals surface area contributed by atoms with Gasteiger partial charge >= 0.3 is 0 Å². The smallest absolute Gasteiger partial charge is 0.250 e. The van der Waals surface area contributed by atoms with E-state index in [2.05, 4.69) is 4.72 Å². The molecule has 0 radical (unpaired) electrons. The average Bonchev–Trinajstić information content (AvgIpc) is 3.08. The van der Waals surface area contributed by atoms with Gasteiger partial charge in [-0.15, -0.1) is 11.3 Å². The van der Waals surface area contributed by atoms with Gasteiger partial charge in [0.15, 0.2) is 0 Å². The highest BCUT2D eigenvalue weighted by Crippen LogP contribution is 2.27. The molecule has 0 bridgehead atoms. The van der Waals surface area contributed by atoms with Gasteiger partial charge in [0, 0.05) is 12.2 Å². The molecule has 23 heavy (non-hydrogen) atoms. The minimum absolute atomic E-state index is 0.115. The summed E-state index contributed by atoms with van der Waals surface area (Å²) in [4.78, 5) is 14.1. The van der Waals surface area contributed by atoms with Crippen LogP contribution in [0.3, 0.4) is 0 Å². The number of aryl methyl sites for hydroxylation is 1. The molecule has 2 aromatic rings. The second-order valence-corrected chi connectivity index (χ2v) is 9.00. The van der Waals surface area contributed by atoms with Crippen LogP contribution in [0, 0.1) is 6.92 Å². The largest absolute Gasteiger partial charge is 0.311 e. The Morgan fingerprint density at radius 1 is 1.22 bits per heavy atom. The van der Waals surface area contributed by atoms with Crippen LogP contribution >= 0.6 is 22.9 Å². The predicted molar refractivity (Wildman–Crippen MR) is 91.6 cm³/mol. The molecule has 0 unspecified atom stereocenters. The van der Waals surface area contributed by atoms with Crippen molar-refractivity contribution in [3.8, 4) is 0 Å². The standard InChI is InChI=1S/C15H15ClN2O3S2/c1-10-2-4-11(5-3-10)18-9-8-12(15(18)19)17-23(20,21)14-7-6-13(16)22-14/h2-7,12,17H,8-9H2,1H3/t12-/m0/s1. The number of nitrogens with one attached hydrogen (secondary N) is 1. The fourth-order valence-corrected chi connectivity index (χ4v) is 5.18. The van der Waals surface area contributed by atoms with Crippen molar-refractivity contribution >= 4 is 44.6 Å². The highest BCUT2D eigenvalue weighted by molar-refractivity contribution is 7.91. The monoisotopic (exact) mass is 370 g/mol. The van der Waals surface area contributed by atoms with Crippen molar-refractivity contribution in [2.24, 2.45) is 0 Å². The molecule has 8 heteroatoms. The Morgan fingerprint density at radius 2 is 1.91 bits per heavy atom. The first-order chi connectivity index (χ1) is 10.9. The molecule has 1 aromatic carbocycles. The first kappa shape index (κ1) is 16.4. The highest BCUT2D eigenvalue weighted by Gasteiger charge is 2.36. The van der Waals surface area contributed by atoms with Gasteiger partial charge in [0.05, 0.1) is 4.34 Å².